The fourth-order valence-electron chi connectivity index (χ4n) is 3.34. The lowest BCUT2D eigenvalue weighted by molar-refractivity contribution is -0.123. The number of rotatable bonds is 7. The Kier molecular flexibility index (Phi) is 7.14. The predicted molar refractivity (Wildman–Crippen MR) is 135 cm³/mol. The van der Waals surface area contributed by atoms with Gasteiger partial charge in [-0.05, 0) is 28.3 Å². The Bertz CT molecular complexity index is 1140. The van der Waals surface area contributed by atoms with Crippen LogP contribution in [0.2, 0.25) is 0 Å². The fourth-order valence-corrected chi connectivity index (χ4v) is 4.65. The van der Waals surface area contributed by atoms with Crippen molar-refractivity contribution in [2.75, 3.05) is 6.54 Å². The van der Waals surface area contributed by atoms with Crippen LogP contribution < -0.4 is 5.32 Å². The lowest BCUT2D eigenvalue weighted by atomic mass is 10.0. The molecule has 6 heteroatoms. The molecular weight excluding hydrogens is 436 g/mol. The van der Waals surface area contributed by atoms with Crippen LogP contribution in [0.4, 0.5) is 0 Å². The van der Waals surface area contributed by atoms with Gasteiger partial charge < -0.3 is 5.32 Å². The Morgan fingerprint density at radius 2 is 1.53 bits per heavy atom. The number of carbonyl (C=O) groups excluding carboxylic acids is 2. The Labute approximate surface area is 197 Å². The molecule has 0 unspecified atom stereocenters. The molecule has 1 N–H and O–H groups in total. The van der Waals surface area contributed by atoms with Crippen LogP contribution in [0.3, 0.4) is 0 Å². The maximum Gasteiger partial charge on any atom is 0.266 e. The zero-order valence-electron chi connectivity index (χ0n) is 17.4. The van der Waals surface area contributed by atoms with Crippen LogP contribution in [0.25, 0.3) is 17.2 Å². The van der Waals surface area contributed by atoms with Gasteiger partial charge in [-0.1, -0.05) is 109 Å². The number of hydrogen-bond donors (Lipinski definition) is 1. The average Bonchev–Trinajstić information content (AvgIpc) is 3.10. The van der Waals surface area contributed by atoms with Gasteiger partial charge in [0, 0.05) is 19.5 Å². The SMILES string of the molecule is O=C(CCN1C(=O)/C(=C/c2ccc(-c3ccccc3)cc2)SC1=S)NCc1ccccc1. The monoisotopic (exact) mass is 458 g/mol. The number of thiocarbonyl (C=S) groups is 1. The summed E-state index contributed by atoms with van der Waals surface area (Å²) in [5.74, 6) is -0.258. The smallest absolute Gasteiger partial charge is 0.266 e. The molecule has 0 saturated carbocycles. The second-order valence-corrected chi connectivity index (χ2v) is 9.01. The van der Waals surface area contributed by atoms with Gasteiger partial charge in [0.25, 0.3) is 5.91 Å². The molecule has 1 aliphatic rings. The highest BCUT2D eigenvalue weighted by atomic mass is 32.2. The lowest BCUT2D eigenvalue weighted by Crippen LogP contribution is -2.33. The number of hydrogen-bond acceptors (Lipinski definition) is 4. The van der Waals surface area contributed by atoms with Gasteiger partial charge in [0.2, 0.25) is 5.91 Å². The van der Waals surface area contributed by atoms with Gasteiger partial charge in [-0.2, -0.15) is 0 Å². The van der Waals surface area contributed by atoms with E-state index in [1.807, 2.05) is 78.9 Å². The van der Waals surface area contributed by atoms with Crippen molar-refractivity contribution in [1.82, 2.24) is 10.2 Å². The van der Waals surface area contributed by atoms with Crippen LogP contribution in [0.15, 0.2) is 89.8 Å². The van der Waals surface area contributed by atoms with Crippen LogP contribution in [0, 0.1) is 0 Å². The number of carbonyl (C=O) groups is 2. The van der Waals surface area contributed by atoms with Crippen LogP contribution >= 0.6 is 24.0 Å². The van der Waals surface area contributed by atoms with Gasteiger partial charge in [0.05, 0.1) is 4.91 Å². The van der Waals surface area contributed by atoms with E-state index in [1.54, 1.807) is 0 Å². The van der Waals surface area contributed by atoms with E-state index in [-0.39, 0.29) is 24.8 Å². The molecule has 4 rings (SSSR count). The lowest BCUT2D eigenvalue weighted by Gasteiger charge is -2.14. The highest BCUT2D eigenvalue weighted by Crippen LogP contribution is 2.33. The van der Waals surface area contributed by atoms with Crippen molar-refractivity contribution >= 4 is 46.2 Å². The molecule has 0 bridgehead atoms. The molecule has 1 heterocycles. The average molecular weight is 459 g/mol. The summed E-state index contributed by atoms with van der Waals surface area (Å²) in [6, 6.07) is 27.9. The molecule has 0 aliphatic carbocycles. The van der Waals surface area contributed by atoms with Crippen LogP contribution in [0.1, 0.15) is 17.5 Å². The molecule has 3 aromatic rings. The third-order valence-corrected chi connectivity index (χ3v) is 6.46. The van der Waals surface area contributed by atoms with Crippen molar-refractivity contribution in [3.8, 4) is 11.1 Å². The molecule has 32 heavy (non-hydrogen) atoms. The molecule has 1 aliphatic heterocycles. The number of benzene rings is 3. The first-order valence-corrected chi connectivity index (χ1v) is 11.5. The Morgan fingerprint density at radius 3 is 2.22 bits per heavy atom. The number of thioether (sulfide) groups is 1. The van der Waals surface area contributed by atoms with Gasteiger partial charge in [0.15, 0.2) is 0 Å². The van der Waals surface area contributed by atoms with E-state index in [0.29, 0.717) is 15.8 Å². The van der Waals surface area contributed by atoms with E-state index < -0.39 is 0 Å². The maximum atomic E-state index is 12.8. The topological polar surface area (TPSA) is 49.4 Å². The summed E-state index contributed by atoms with van der Waals surface area (Å²) in [4.78, 5) is 27.1. The normalized spacial score (nSPS) is 14.8. The quantitative estimate of drug-likeness (QED) is 0.388. The molecule has 4 nitrogen and oxygen atoms in total. The molecule has 0 aromatic heterocycles. The summed E-state index contributed by atoms with van der Waals surface area (Å²) < 4.78 is 0.484. The Balaban J connectivity index is 1.34. The first-order chi connectivity index (χ1) is 15.6. The van der Waals surface area contributed by atoms with Gasteiger partial charge in [-0.25, -0.2) is 0 Å². The largest absolute Gasteiger partial charge is 0.352 e. The minimum Gasteiger partial charge on any atom is -0.352 e. The first-order valence-electron chi connectivity index (χ1n) is 10.3. The summed E-state index contributed by atoms with van der Waals surface area (Å²) in [6.07, 6.45) is 2.06. The van der Waals surface area contributed by atoms with E-state index in [2.05, 4.69) is 17.4 Å². The van der Waals surface area contributed by atoms with Crippen molar-refractivity contribution < 1.29 is 9.59 Å². The second-order valence-electron chi connectivity index (χ2n) is 7.33. The molecule has 0 atom stereocenters. The van der Waals surface area contributed by atoms with Crippen LogP contribution in [0.5, 0.6) is 0 Å². The summed E-state index contributed by atoms with van der Waals surface area (Å²) >= 11 is 6.66. The number of amides is 2. The molecule has 0 spiro atoms. The van der Waals surface area contributed by atoms with E-state index in [1.165, 1.54) is 16.7 Å². The van der Waals surface area contributed by atoms with Crippen molar-refractivity contribution in [2.45, 2.75) is 13.0 Å². The molecule has 1 saturated heterocycles. The van der Waals surface area contributed by atoms with E-state index in [4.69, 9.17) is 12.2 Å². The minimum absolute atomic E-state index is 0.108. The zero-order valence-corrected chi connectivity index (χ0v) is 19.0. The molecular formula is C26H22N2O2S2. The first kappa shape index (κ1) is 22.0. The number of nitrogens with zero attached hydrogens (tertiary/aromatic N) is 1. The van der Waals surface area contributed by atoms with E-state index in [9.17, 15) is 9.59 Å². The third-order valence-electron chi connectivity index (χ3n) is 5.08. The van der Waals surface area contributed by atoms with Gasteiger partial charge >= 0.3 is 0 Å². The minimum atomic E-state index is -0.150. The van der Waals surface area contributed by atoms with Crippen LogP contribution in [-0.4, -0.2) is 27.6 Å². The third kappa shape index (κ3) is 5.52. The Morgan fingerprint density at radius 1 is 0.906 bits per heavy atom. The standard InChI is InChI=1S/C26H22N2O2S2/c29-24(27-18-20-7-3-1-4-8-20)15-16-28-25(30)23(32-26(28)31)17-19-11-13-22(14-12-19)21-9-5-2-6-10-21/h1-14,17H,15-16,18H2,(H,27,29)/b23-17-. The molecule has 2 amide bonds. The van der Waals surface area contributed by atoms with Crippen molar-refractivity contribution in [3.63, 3.8) is 0 Å². The maximum absolute atomic E-state index is 12.8. The number of nitrogens with one attached hydrogen (secondary N) is 1. The Hall–Kier alpha value is -3.22. The molecule has 160 valence electrons. The molecule has 1 fully saturated rings. The van der Waals surface area contributed by atoms with Gasteiger partial charge in [0.1, 0.15) is 4.32 Å². The summed E-state index contributed by atoms with van der Waals surface area (Å²) in [6.45, 7) is 0.743. The van der Waals surface area contributed by atoms with Crippen molar-refractivity contribution in [1.29, 1.82) is 0 Å². The van der Waals surface area contributed by atoms with E-state index in [0.717, 1.165) is 22.3 Å². The molecule has 3 aromatic carbocycles. The second kappa shape index (κ2) is 10.4. The van der Waals surface area contributed by atoms with Crippen LogP contribution in [-0.2, 0) is 16.1 Å². The van der Waals surface area contributed by atoms with Gasteiger partial charge in [-0.15, -0.1) is 0 Å². The predicted octanol–water partition coefficient (Wildman–Crippen LogP) is 5.26. The summed E-state index contributed by atoms with van der Waals surface area (Å²) in [7, 11) is 0. The highest BCUT2D eigenvalue weighted by molar-refractivity contribution is 8.26. The molecule has 0 radical (unpaired) electrons. The van der Waals surface area contributed by atoms with Crippen molar-refractivity contribution in [2.24, 2.45) is 0 Å². The van der Waals surface area contributed by atoms with Gasteiger partial charge in [-0.3, -0.25) is 14.5 Å². The van der Waals surface area contributed by atoms with Crippen molar-refractivity contribution in [3.05, 3.63) is 101 Å². The summed E-state index contributed by atoms with van der Waals surface area (Å²) in [5, 5.41) is 2.88. The highest BCUT2D eigenvalue weighted by Gasteiger charge is 2.32. The fraction of sp³-hybridized carbons (Fsp3) is 0.115. The van der Waals surface area contributed by atoms with E-state index >= 15 is 0 Å². The zero-order chi connectivity index (χ0) is 22.3. The summed E-state index contributed by atoms with van der Waals surface area (Å²) in [5.41, 5.74) is 4.24.